The summed E-state index contributed by atoms with van der Waals surface area (Å²) in [7, 11) is 1.30. The molecular formula is C31H38N2O11. The molecule has 1 aliphatic rings. The maximum Gasteiger partial charge on any atom is 0.514 e. The van der Waals surface area contributed by atoms with Gasteiger partial charge in [0.15, 0.2) is 23.6 Å². The highest BCUT2D eigenvalue weighted by Crippen LogP contribution is 2.30. The Bertz CT molecular complexity index is 1310. The molecule has 13 nitrogen and oxygen atoms in total. The normalized spacial score (nSPS) is 20.2. The third kappa shape index (κ3) is 9.16. The van der Waals surface area contributed by atoms with Crippen LogP contribution in [-0.4, -0.2) is 73.5 Å². The maximum absolute atomic E-state index is 13.4. The van der Waals surface area contributed by atoms with E-state index in [1.165, 1.54) is 26.3 Å². The molecule has 4 unspecified atom stereocenters. The van der Waals surface area contributed by atoms with Crippen LogP contribution in [0.25, 0.3) is 0 Å². The highest BCUT2D eigenvalue weighted by Gasteiger charge is 2.42. The van der Waals surface area contributed by atoms with Crippen LogP contribution in [0, 0.1) is 11.8 Å². The van der Waals surface area contributed by atoms with Crippen LogP contribution in [0.15, 0.2) is 42.6 Å². The number of hydrogen-bond acceptors (Lipinski definition) is 12. The molecular weight excluding hydrogens is 576 g/mol. The van der Waals surface area contributed by atoms with E-state index >= 15 is 0 Å². The lowest BCUT2D eigenvalue weighted by molar-refractivity contribution is -0.176. The summed E-state index contributed by atoms with van der Waals surface area (Å²) in [5.74, 6) is -5.09. The first-order chi connectivity index (χ1) is 21.0. The highest BCUT2D eigenvalue weighted by molar-refractivity contribution is 5.98. The number of rotatable bonds is 11. The van der Waals surface area contributed by atoms with Crippen molar-refractivity contribution in [2.45, 2.75) is 65.2 Å². The molecule has 0 radical (unpaired) electrons. The van der Waals surface area contributed by atoms with Gasteiger partial charge in [0.2, 0.25) is 5.75 Å². The van der Waals surface area contributed by atoms with Crippen molar-refractivity contribution in [3.05, 3.63) is 53.9 Å². The lowest BCUT2D eigenvalue weighted by atomic mass is 9.91. The van der Waals surface area contributed by atoms with Gasteiger partial charge in [0.25, 0.3) is 5.91 Å². The first kappa shape index (κ1) is 33.8. The summed E-state index contributed by atoms with van der Waals surface area (Å²) in [6.45, 7) is 6.20. The topological polar surface area (TPSA) is 166 Å². The zero-order chi connectivity index (χ0) is 32.2. The zero-order valence-electron chi connectivity index (χ0n) is 25.4. The number of hydrogen-bond donors (Lipinski definition) is 1. The van der Waals surface area contributed by atoms with Crippen molar-refractivity contribution in [1.82, 2.24) is 10.3 Å². The van der Waals surface area contributed by atoms with Crippen molar-refractivity contribution < 1.29 is 52.4 Å². The lowest BCUT2D eigenvalue weighted by Crippen LogP contribution is -2.47. The van der Waals surface area contributed by atoms with Gasteiger partial charge < -0.3 is 33.7 Å². The molecule has 1 aromatic carbocycles. The molecule has 2 heterocycles. The monoisotopic (exact) mass is 614 g/mol. The lowest BCUT2D eigenvalue weighted by Gasteiger charge is -2.29. The quantitative estimate of drug-likeness (QED) is 0.223. The number of carbonyl (C=O) groups excluding carboxylic acids is 5. The number of aromatic nitrogens is 1. The molecule has 1 amide bonds. The van der Waals surface area contributed by atoms with Crippen molar-refractivity contribution in [2.24, 2.45) is 11.8 Å². The minimum Gasteiger partial charge on any atom is -0.493 e. The largest absolute Gasteiger partial charge is 0.514 e. The summed E-state index contributed by atoms with van der Waals surface area (Å²) in [6, 6.07) is 8.92. The molecule has 2 aromatic rings. The van der Waals surface area contributed by atoms with Gasteiger partial charge in [-0.1, -0.05) is 57.5 Å². The summed E-state index contributed by atoms with van der Waals surface area (Å²) in [6.07, 6.45) is -0.560. The first-order valence-corrected chi connectivity index (χ1v) is 14.4. The van der Waals surface area contributed by atoms with E-state index in [2.05, 4.69) is 10.3 Å². The summed E-state index contributed by atoms with van der Waals surface area (Å²) in [5.41, 5.74) is 0.377. The molecule has 238 valence electrons. The van der Waals surface area contributed by atoms with Gasteiger partial charge in [-0.2, -0.15) is 0 Å². The molecule has 1 aromatic heterocycles. The van der Waals surface area contributed by atoms with Gasteiger partial charge in [0.1, 0.15) is 18.6 Å². The number of methoxy groups -OCH3 is 1. The second kappa shape index (κ2) is 16.2. The van der Waals surface area contributed by atoms with Gasteiger partial charge in [-0.25, -0.2) is 14.6 Å². The van der Waals surface area contributed by atoms with Crippen molar-refractivity contribution in [2.75, 3.05) is 20.3 Å². The predicted molar refractivity (Wildman–Crippen MR) is 154 cm³/mol. The third-order valence-corrected chi connectivity index (χ3v) is 6.67. The minimum absolute atomic E-state index is 0.00764. The van der Waals surface area contributed by atoms with Crippen LogP contribution in [0.5, 0.6) is 11.5 Å². The van der Waals surface area contributed by atoms with E-state index in [0.29, 0.717) is 6.42 Å². The second-order valence-electron chi connectivity index (χ2n) is 10.4. The Kier molecular flexibility index (Phi) is 12.5. The number of nitrogens with one attached hydrogen (secondary N) is 1. The molecule has 0 bridgehead atoms. The van der Waals surface area contributed by atoms with Crippen molar-refractivity contribution in [1.29, 1.82) is 0 Å². The number of carbonyl (C=O) groups is 5. The van der Waals surface area contributed by atoms with Crippen molar-refractivity contribution in [3.63, 3.8) is 0 Å². The molecule has 44 heavy (non-hydrogen) atoms. The van der Waals surface area contributed by atoms with E-state index in [9.17, 15) is 24.0 Å². The van der Waals surface area contributed by atoms with E-state index in [-0.39, 0.29) is 24.5 Å². The zero-order valence-corrected chi connectivity index (χ0v) is 25.4. The highest BCUT2D eigenvalue weighted by atomic mass is 16.7. The fraction of sp³-hybridized carbons (Fsp3) is 0.484. The number of esters is 3. The standard InChI is InChI=1S/C31H38N2O11/c1-6-7-15-40-31(38)44-26-23(39-5)13-14-32-24(26)27(34)33-22-17-41-29(36)21(16-20-11-9-8-10-12-20)25(19(4)42-30(22)37)43-28(35)18(2)3/h8-14,18-19,21-22,25H,6-7,15-17H2,1-5H3,(H,33,34). The summed E-state index contributed by atoms with van der Waals surface area (Å²) < 4.78 is 32.2. The number of nitrogens with zero attached hydrogens (tertiary/aromatic N) is 1. The maximum atomic E-state index is 13.4. The molecule has 0 aliphatic carbocycles. The molecule has 4 atom stereocenters. The Morgan fingerprint density at radius 1 is 1.09 bits per heavy atom. The summed E-state index contributed by atoms with van der Waals surface area (Å²) in [5, 5.41) is 2.43. The van der Waals surface area contributed by atoms with Gasteiger partial charge >= 0.3 is 24.1 Å². The van der Waals surface area contributed by atoms with E-state index in [0.717, 1.165) is 12.0 Å². The Morgan fingerprint density at radius 2 is 1.82 bits per heavy atom. The number of benzene rings is 1. The van der Waals surface area contributed by atoms with E-state index in [1.807, 2.05) is 13.0 Å². The number of cyclic esters (lactones) is 2. The molecule has 1 saturated heterocycles. The minimum atomic E-state index is -1.48. The molecule has 3 rings (SSSR count). The van der Waals surface area contributed by atoms with Crippen LogP contribution in [0.3, 0.4) is 0 Å². The van der Waals surface area contributed by atoms with Crippen LogP contribution < -0.4 is 14.8 Å². The fourth-order valence-electron chi connectivity index (χ4n) is 4.24. The first-order valence-electron chi connectivity index (χ1n) is 14.4. The Hall–Kier alpha value is -4.68. The van der Waals surface area contributed by atoms with Gasteiger partial charge in [0, 0.05) is 12.3 Å². The van der Waals surface area contributed by atoms with Crippen molar-refractivity contribution in [3.8, 4) is 11.5 Å². The Balaban J connectivity index is 1.86. The SMILES string of the molecule is CCCCOC(=O)Oc1c(OC)ccnc1C(=O)NC1COC(=O)C(Cc2ccccc2)C(OC(=O)C(C)C)C(C)OC1=O. The number of unbranched alkanes of at least 4 members (excludes halogenated alkanes) is 1. The van der Waals surface area contributed by atoms with Crippen LogP contribution in [0.2, 0.25) is 0 Å². The third-order valence-electron chi connectivity index (χ3n) is 6.67. The molecule has 1 N–H and O–H groups in total. The summed E-state index contributed by atoms with van der Waals surface area (Å²) >= 11 is 0. The van der Waals surface area contributed by atoms with Crippen LogP contribution in [0.4, 0.5) is 4.79 Å². The average Bonchev–Trinajstić information content (AvgIpc) is 3.03. The smallest absolute Gasteiger partial charge is 0.493 e. The van der Waals surface area contributed by atoms with Crippen LogP contribution in [-0.2, 0) is 39.8 Å². The average molecular weight is 615 g/mol. The molecule has 1 fully saturated rings. The van der Waals surface area contributed by atoms with E-state index in [1.54, 1.807) is 38.1 Å². The molecule has 1 aliphatic heterocycles. The summed E-state index contributed by atoms with van der Waals surface area (Å²) in [4.78, 5) is 68.8. The van der Waals surface area contributed by atoms with Crippen molar-refractivity contribution >= 4 is 30.0 Å². The van der Waals surface area contributed by atoms with Gasteiger partial charge in [0.05, 0.1) is 19.6 Å². The molecule has 13 heteroatoms. The number of ether oxygens (including phenoxy) is 6. The number of amides is 1. The predicted octanol–water partition coefficient (Wildman–Crippen LogP) is 3.42. The molecule has 0 spiro atoms. The molecule has 0 saturated carbocycles. The fourth-order valence-corrected chi connectivity index (χ4v) is 4.24. The Morgan fingerprint density at radius 3 is 2.48 bits per heavy atom. The van der Waals surface area contributed by atoms with Gasteiger partial charge in [-0.05, 0) is 25.3 Å². The van der Waals surface area contributed by atoms with E-state index < -0.39 is 72.4 Å². The van der Waals surface area contributed by atoms with Crippen LogP contribution >= 0.6 is 0 Å². The number of pyridine rings is 1. The van der Waals surface area contributed by atoms with Crippen LogP contribution in [0.1, 0.15) is 56.6 Å². The van der Waals surface area contributed by atoms with Gasteiger partial charge in [-0.3, -0.25) is 14.4 Å². The van der Waals surface area contributed by atoms with Gasteiger partial charge in [-0.15, -0.1) is 0 Å². The second-order valence-corrected chi connectivity index (χ2v) is 10.4. The van der Waals surface area contributed by atoms with E-state index in [4.69, 9.17) is 28.4 Å². The Labute approximate surface area is 255 Å².